The minimum Gasteiger partial charge on any atom is -0.497 e. The van der Waals surface area contributed by atoms with Gasteiger partial charge in [0.25, 0.3) is 5.91 Å². The van der Waals surface area contributed by atoms with E-state index < -0.39 is 21.9 Å². The van der Waals surface area contributed by atoms with Crippen LogP contribution in [0.1, 0.15) is 52.8 Å². The number of methoxy groups -OCH3 is 2. The lowest BCUT2D eigenvalue weighted by molar-refractivity contribution is 0.0601. The third-order valence-corrected chi connectivity index (χ3v) is 7.69. The molecule has 0 heterocycles. The maximum atomic E-state index is 13.0. The number of esters is 1. The van der Waals surface area contributed by atoms with Crippen molar-refractivity contribution in [2.75, 3.05) is 26.6 Å². The highest BCUT2D eigenvalue weighted by Crippen LogP contribution is 2.27. The average molecular weight is 461 g/mol. The topological polar surface area (TPSA) is 102 Å². The zero-order valence-corrected chi connectivity index (χ0v) is 19.3. The molecule has 2 aromatic carbocycles. The molecule has 9 heteroatoms. The summed E-state index contributed by atoms with van der Waals surface area (Å²) in [7, 11) is 0.688. The molecule has 0 unspecified atom stereocenters. The lowest BCUT2D eigenvalue weighted by atomic mass is 9.96. The van der Waals surface area contributed by atoms with Crippen LogP contribution in [0.4, 0.5) is 5.69 Å². The highest BCUT2D eigenvalue weighted by atomic mass is 32.2. The molecule has 1 amide bonds. The summed E-state index contributed by atoms with van der Waals surface area (Å²) in [6, 6.07) is 10.4. The van der Waals surface area contributed by atoms with Crippen LogP contribution in [0.25, 0.3) is 0 Å². The van der Waals surface area contributed by atoms with Gasteiger partial charge in [-0.25, -0.2) is 13.2 Å². The number of hydrogen-bond acceptors (Lipinski definition) is 6. The number of carbonyl (C=O) groups is 2. The van der Waals surface area contributed by atoms with Crippen molar-refractivity contribution in [1.29, 1.82) is 0 Å². The van der Waals surface area contributed by atoms with Crippen LogP contribution in [-0.2, 0) is 14.8 Å². The second-order valence-electron chi connectivity index (χ2n) is 7.69. The van der Waals surface area contributed by atoms with Gasteiger partial charge in [-0.05, 0) is 55.3 Å². The second-order valence-corrected chi connectivity index (χ2v) is 9.69. The average Bonchev–Trinajstić information content (AvgIpc) is 2.83. The first-order chi connectivity index (χ1) is 15.3. The molecule has 1 aliphatic carbocycles. The van der Waals surface area contributed by atoms with Crippen molar-refractivity contribution in [2.45, 2.75) is 43.0 Å². The van der Waals surface area contributed by atoms with Gasteiger partial charge < -0.3 is 14.8 Å². The Kier molecular flexibility index (Phi) is 7.52. The molecule has 1 saturated carbocycles. The summed E-state index contributed by atoms with van der Waals surface area (Å²) >= 11 is 0. The Labute approximate surface area is 188 Å². The normalized spacial score (nSPS) is 14.8. The van der Waals surface area contributed by atoms with Crippen LogP contribution in [0.2, 0.25) is 0 Å². The van der Waals surface area contributed by atoms with Crippen LogP contribution in [0.3, 0.4) is 0 Å². The van der Waals surface area contributed by atoms with Gasteiger partial charge in [0.2, 0.25) is 10.0 Å². The number of nitrogens with one attached hydrogen (secondary N) is 1. The van der Waals surface area contributed by atoms with Gasteiger partial charge in [-0.3, -0.25) is 4.79 Å². The summed E-state index contributed by atoms with van der Waals surface area (Å²) in [4.78, 5) is 24.9. The van der Waals surface area contributed by atoms with Crippen molar-refractivity contribution in [3.05, 3.63) is 53.6 Å². The van der Waals surface area contributed by atoms with Gasteiger partial charge in [-0.1, -0.05) is 19.3 Å². The lowest BCUT2D eigenvalue weighted by Gasteiger charge is -2.30. The Balaban J connectivity index is 1.78. The summed E-state index contributed by atoms with van der Waals surface area (Å²) in [5, 5.41) is 2.67. The van der Waals surface area contributed by atoms with Crippen LogP contribution >= 0.6 is 0 Å². The smallest absolute Gasteiger partial charge is 0.340 e. The van der Waals surface area contributed by atoms with Crippen molar-refractivity contribution in [1.82, 2.24) is 4.31 Å². The molecule has 3 rings (SSSR count). The fourth-order valence-corrected chi connectivity index (χ4v) is 5.23. The van der Waals surface area contributed by atoms with Crippen molar-refractivity contribution in [2.24, 2.45) is 0 Å². The largest absolute Gasteiger partial charge is 0.497 e. The molecule has 1 fully saturated rings. The van der Waals surface area contributed by atoms with E-state index in [-0.39, 0.29) is 27.8 Å². The Morgan fingerprint density at radius 3 is 2.25 bits per heavy atom. The van der Waals surface area contributed by atoms with E-state index in [2.05, 4.69) is 5.32 Å². The van der Waals surface area contributed by atoms with Crippen LogP contribution in [0.5, 0.6) is 5.75 Å². The first kappa shape index (κ1) is 23.7. The van der Waals surface area contributed by atoms with Gasteiger partial charge in [0.1, 0.15) is 5.75 Å². The van der Waals surface area contributed by atoms with E-state index in [0.717, 1.165) is 32.1 Å². The quantitative estimate of drug-likeness (QED) is 0.633. The van der Waals surface area contributed by atoms with Gasteiger partial charge in [0.15, 0.2) is 0 Å². The van der Waals surface area contributed by atoms with E-state index in [1.807, 2.05) is 0 Å². The van der Waals surface area contributed by atoms with Gasteiger partial charge >= 0.3 is 5.97 Å². The Hall–Kier alpha value is -2.91. The lowest BCUT2D eigenvalue weighted by Crippen LogP contribution is -2.38. The maximum absolute atomic E-state index is 13.0. The summed E-state index contributed by atoms with van der Waals surface area (Å²) in [6.45, 7) is 0. The zero-order valence-electron chi connectivity index (χ0n) is 18.5. The Morgan fingerprint density at radius 2 is 1.66 bits per heavy atom. The highest BCUT2D eigenvalue weighted by molar-refractivity contribution is 7.89. The number of nitrogens with zero attached hydrogens (tertiary/aromatic N) is 1. The number of sulfonamides is 1. The zero-order chi connectivity index (χ0) is 23.3. The molecule has 1 aliphatic rings. The Morgan fingerprint density at radius 1 is 1.00 bits per heavy atom. The molecule has 0 radical (unpaired) electrons. The first-order valence-electron chi connectivity index (χ1n) is 10.4. The third-order valence-electron chi connectivity index (χ3n) is 5.76. The molecule has 2 aromatic rings. The van der Waals surface area contributed by atoms with E-state index in [9.17, 15) is 18.0 Å². The highest BCUT2D eigenvalue weighted by Gasteiger charge is 2.29. The van der Waals surface area contributed by atoms with Gasteiger partial charge in [0, 0.05) is 18.7 Å². The number of amides is 1. The molecule has 1 N–H and O–H groups in total. The molecule has 0 bridgehead atoms. The van der Waals surface area contributed by atoms with Crippen molar-refractivity contribution < 1.29 is 27.5 Å². The van der Waals surface area contributed by atoms with Crippen LogP contribution in [0.15, 0.2) is 47.4 Å². The summed E-state index contributed by atoms with van der Waals surface area (Å²) < 4.78 is 37.3. The molecule has 0 spiro atoms. The predicted octanol–water partition coefficient (Wildman–Crippen LogP) is 3.69. The molecular formula is C23H28N2O6S. The van der Waals surface area contributed by atoms with E-state index in [1.165, 1.54) is 48.9 Å². The summed E-state index contributed by atoms with van der Waals surface area (Å²) in [6.07, 6.45) is 4.92. The van der Waals surface area contributed by atoms with Crippen molar-refractivity contribution in [3.63, 3.8) is 0 Å². The van der Waals surface area contributed by atoms with Gasteiger partial charge in [0.05, 0.1) is 30.4 Å². The minimum absolute atomic E-state index is 0.00328. The van der Waals surface area contributed by atoms with Gasteiger partial charge in [-0.15, -0.1) is 0 Å². The third kappa shape index (κ3) is 5.11. The number of anilines is 1. The molecule has 0 aromatic heterocycles. The van der Waals surface area contributed by atoms with Crippen LogP contribution in [-0.4, -0.2) is 51.9 Å². The van der Waals surface area contributed by atoms with Crippen molar-refractivity contribution in [3.8, 4) is 5.75 Å². The number of ether oxygens (including phenoxy) is 2. The summed E-state index contributed by atoms with van der Waals surface area (Å²) in [5.41, 5.74) is 0.667. The number of hydrogen-bond donors (Lipinski definition) is 1. The first-order valence-corrected chi connectivity index (χ1v) is 11.9. The SMILES string of the molecule is COC(=O)c1cc(OC)ccc1NC(=O)c1ccc(S(=O)(=O)N(C)C2CCCCC2)cc1. The molecule has 0 atom stereocenters. The fraction of sp³-hybridized carbons (Fsp3) is 0.391. The molecule has 32 heavy (non-hydrogen) atoms. The molecule has 8 nitrogen and oxygen atoms in total. The summed E-state index contributed by atoms with van der Waals surface area (Å²) in [5.74, 6) is -0.656. The van der Waals surface area contributed by atoms with E-state index in [4.69, 9.17) is 9.47 Å². The number of carbonyl (C=O) groups excluding carboxylic acids is 2. The fourth-order valence-electron chi connectivity index (χ4n) is 3.82. The molecule has 172 valence electrons. The van der Waals surface area contributed by atoms with E-state index >= 15 is 0 Å². The molecule has 0 saturated heterocycles. The maximum Gasteiger partial charge on any atom is 0.340 e. The number of rotatable bonds is 7. The second kappa shape index (κ2) is 10.1. The molecular weight excluding hydrogens is 432 g/mol. The Bertz CT molecular complexity index is 1080. The predicted molar refractivity (Wildman–Crippen MR) is 121 cm³/mol. The number of benzene rings is 2. The monoisotopic (exact) mass is 460 g/mol. The van der Waals surface area contributed by atoms with Crippen LogP contribution < -0.4 is 10.1 Å². The van der Waals surface area contributed by atoms with Crippen LogP contribution in [0, 0.1) is 0 Å². The van der Waals surface area contributed by atoms with Crippen molar-refractivity contribution >= 4 is 27.6 Å². The standard InChI is InChI=1S/C23H28N2O6S/c1-25(17-7-5-4-6-8-17)32(28,29)19-12-9-16(10-13-19)22(26)24-21-14-11-18(30-2)15-20(21)23(27)31-3/h9-15,17H,4-8H2,1-3H3,(H,24,26). The minimum atomic E-state index is -3.64. The van der Waals surface area contributed by atoms with E-state index in [1.54, 1.807) is 19.2 Å². The molecule has 0 aliphatic heterocycles. The van der Waals surface area contributed by atoms with Gasteiger partial charge in [-0.2, -0.15) is 4.31 Å². The van der Waals surface area contributed by atoms with E-state index in [0.29, 0.717) is 5.75 Å².